The molecule has 0 atom stereocenters. The first-order valence-electron chi connectivity index (χ1n) is 8.23. The third kappa shape index (κ3) is 4.62. The Kier molecular flexibility index (Phi) is 5.21. The zero-order chi connectivity index (χ0) is 15.4. The number of hydrogen-bond donors (Lipinski definition) is 1. The minimum atomic E-state index is 0.128. The molecule has 2 fully saturated rings. The molecule has 0 unspecified atom stereocenters. The van der Waals surface area contributed by atoms with Gasteiger partial charge in [-0.3, -0.25) is 4.90 Å². The first-order valence-corrected chi connectivity index (χ1v) is 8.61. The Morgan fingerprint density at radius 2 is 1.82 bits per heavy atom. The quantitative estimate of drug-likeness (QED) is 0.905. The van der Waals surface area contributed by atoms with Gasteiger partial charge in [0.15, 0.2) is 0 Å². The summed E-state index contributed by atoms with van der Waals surface area (Å²) in [5.41, 5.74) is 1.34. The van der Waals surface area contributed by atoms with Crippen LogP contribution in [0, 0.1) is 0 Å². The van der Waals surface area contributed by atoms with Crippen molar-refractivity contribution in [3.63, 3.8) is 0 Å². The maximum Gasteiger partial charge on any atom is 0.317 e. The van der Waals surface area contributed by atoms with Crippen LogP contribution in [-0.4, -0.2) is 54.6 Å². The normalized spacial score (nSPS) is 19.2. The van der Waals surface area contributed by atoms with E-state index >= 15 is 0 Å². The molecule has 1 aromatic carbocycles. The molecule has 3 rings (SSSR count). The lowest BCUT2D eigenvalue weighted by atomic mass is 10.1. The van der Waals surface area contributed by atoms with Crippen molar-refractivity contribution in [2.24, 2.45) is 0 Å². The van der Waals surface area contributed by atoms with Gasteiger partial charge in [0.2, 0.25) is 0 Å². The van der Waals surface area contributed by atoms with Crippen molar-refractivity contribution in [3.8, 4) is 0 Å². The summed E-state index contributed by atoms with van der Waals surface area (Å²) < 4.78 is 0. The van der Waals surface area contributed by atoms with E-state index in [1.54, 1.807) is 0 Å². The highest BCUT2D eigenvalue weighted by molar-refractivity contribution is 6.30. The number of carbonyl (C=O) groups excluding carboxylic acids is 1. The van der Waals surface area contributed by atoms with E-state index in [1.807, 2.05) is 17.0 Å². The third-order valence-corrected chi connectivity index (χ3v) is 4.67. The summed E-state index contributed by atoms with van der Waals surface area (Å²) in [5.74, 6) is 0. The van der Waals surface area contributed by atoms with E-state index in [9.17, 15) is 4.79 Å². The minimum Gasteiger partial charge on any atom is -0.335 e. The number of carbonyl (C=O) groups is 1. The molecule has 5 heteroatoms. The molecule has 2 amide bonds. The van der Waals surface area contributed by atoms with Gasteiger partial charge in [0, 0.05) is 37.2 Å². The number of halogens is 1. The Morgan fingerprint density at radius 3 is 2.45 bits per heavy atom. The standard InChI is InChI=1S/C17H24ClN3O/c18-15-5-3-14(4-6-15)2-1-9-20-10-12-21(13-11-20)17(22)19-16-7-8-16/h3-6,16H,1-2,7-13H2,(H,19,22). The first kappa shape index (κ1) is 15.6. The molecule has 22 heavy (non-hydrogen) atoms. The summed E-state index contributed by atoms with van der Waals surface area (Å²) in [4.78, 5) is 16.4. The van der Waals surface area contributed by atoms with Crippen molar-refractivity contribution in [3.05, 3.63) is 34.9 Å². The second-order valence-corrected chi connectivity index (χ2v) is 6.72. The second kappa shape index (κ2) is 7.34. The van der Waals surface area contributed by atoms with Crippen LogP contribution in [0.15, 0.2) is 24.3 Å². The van der Waals surface area contributed by atoms with Gasteiger partial charge in [0.05, 0.1) is 0 Å². The molecule has 0 aromatic heterocycles. The van der Waals surface area contributed by atoms with Crippen molar-refractivity contribution in [1.82, 2.24) is 15.1 Å². The second-order valence-electron chi connectivity index (χ2n) is 6.28. The molecule has 1 N–H and O–H groups in total. The van der Waals surface area contributed by atoms with Crippen molar-refractivity contribution < 1.29 is 4.79 Å². The summed E-state index contributed by atoms with van der Waals surface area (Å²) in [6.07, 6.45) is 4.53. The fraction of sp³-hybridized carbons (Fsp3) is 0.588. The summed E-state index contributed by atoms with van der Waals surface area (Å²) >= 11 is 5.90. The minimum absolute atomic E-state index is 0.128. The summed E-state index contributed by atoms with van der Waals surface area (Å²) in [7, 11) is 0. The van der Waals surface area contributed by atoms with Crippen molar-refractivity contribution >= 4 is 17.6 Å². The van der Waals surface area contributed by atoms with E-state index in [-0.39, 0.29) is 6.03 Å². The van der Waals surface area contributed by atoms with Gasteiger partial charge < -0.3 is 10.2 Å². The SMILES string of the molecule is O=C(NC1CC1)N1CCN(CCCc2ccc(Cl)cc2)CC1. The predicted octanol–water partition coefficient (Wildman–Crippen LogP) is 2.76. The molecule has 1 saturated carbocycles. The predicted molar refractivity (Wildman–Crippen MR) is 89.3 cm³/mol. The number of rotatable bonds is 5. The molecule has 0 bridgehead atoms. The van der Waals surface area contributed by atoms with Gasteiger partial charge in [-0.2, -0.15) is 0 Å². The zero-order valence-corrected chi connectivity index (χ0v) is 13.7. The maximum atomic E-state index is 12.0. The highest BCUT2D eigenvalue weighted by atomic mass is 35.5. The van der Waals surface area contributed by atoms with E-state index in [4.69, 9.17) is 11.6 Å². The lowest BCUT2D eigenvalue weighted by Crippen LogP contribution is -2.52. The van der Waals surface area contributed by atoms with Crippen molar-refractivity contribution in [2.75, 3.05) is 32.7 Å². The number of nitrogens with zero attached hydrogens (tertiary/aromatic N) is 2. The van der Waals surface area contributed by atoms with Crippen molar-refractivity contribution in [2.45, 2.75) is 31.7 Å². The molecule has 1 aliphatic heterocycles. The molecule has 4 nitrogen and oxygen atoms in total. The summed E-state index contributed by atoms with van der Waals surface area (Å²) in [6, 6.07) is 8.68. The van der Waals surface area contributed by atoms with E-state index in [0.29, 0.717) is 6.04 Å². The van der Waals surface area contributed by atoms with Crippen LogP contribution in [0.1, 0.15) is 24.8 Å². The monoisotopic (exact) mass is 321 g/mol. The summed E-state index contributed by atoms with van der Waals surface area (Å²) in [5, 5.41) is 3.86. The van der Waals surface area contributed by atoms with Crippen LogP contribution in [-0.2, 0) is 6.42 Å². The van der Waals surface area contributed by atoms with Gasteiger partial charge in [0.25, 0.3) is 0 Å². The lowest BCUT2D eigenvalue weighted by molar-refractivity contribution is 0.138. The van der Waals surface area contributed by atoms with E-state index < -0.39 is 0 Å². The molecule has 1 saturated heterocycles. The number of benzene rings is 1. The largest absolute Gasteiger partial charge is 0.335 e. The molecule has 0 radical (unpaired) electrons. The van der Waals surface area contributed by atoms with Gasteiger partial charge in [0.1, 0.15) is 0 Å². The molecular weight excluding hydrogens is 298 g/mol. The van der Waals surface area contributed by atoms with Crippen LogP contribution >= 0.6 is 11.6 Å². The smallest absolute Gasteiger partial charge is 0.317 e. The van der Waals surface area contributed by atoms with Gasteiger partial charge in [-0.05, 0) is 49.9 Å². The van der Waals surface area contributed by atoms with Crippen LogP contribution in [0.3, 0.4) is 0 Å². The number of amides is 2. The Hall–Kier alpha value is -1.26. The molecule has 1 aromatic rings. The van der Waals surface area contributed by atoms with Crippen LogP contribution in [0.25, 0.3) is 0 Å². The number of piperazine rings is 1. The first-order chi connectivity index (χ1) is 10.7. The number of urea groups is 1. The fourth-order valence-electron chi connectivity index (χ4n) is 2.83. The topological polar surface area (TPSA) is 35.6 Å². The van der Waals surface area contributed by atoms with Gasteiger partial charge in [-0.1, -0.05) is 23.7 Å². The molecular formula is C17H24ClN3O. The van der Waals surface area contributed by atoms with Gasteiger partial charge >= 0.3 is 6.03 Å². The van der Waals surface area contributed by atoms with Crippen LogP contribution in [0.5, 0.6) is 0 Å². The van der Waals surface area contributed by atoms with E-state index in [1.165, 1.54) is 5.56 Å². The number of hydrogen-bond acceptors (Lipinski definition) is 2. The highest BCUT2D eigenvalue weighted by Gasteiger charge is 2.27. The highest BCUT2D eigenvalue weighted by Crippen LogP contribution is 2.19. The Morgan fingerprint density at radius 1 is 1.14 bits per heavy atom. The Labute approximate surface area is 137 Å². The molecule has 120 valence electrons. The van der Waals surface area contributed by atoms with Gasteiger partial charge in [-0.15, -0.1) is 0 Å². The summed E-state index contributed by atoms with van der Waals surface area (Å²) in [6.45, 7) is 4.76. The van der Waals surface area contributed by atoms with E-state index in [0.717, 1.165) is 63.4 Å². The Bertz CT molecular complexity index is 493. The van der Waals surface area contributed by atoms with E-state index in [2.05, 4.69) is 22.3 Å². The zero-order valence-electron chi connectivity index (χ0n) is 12.9. The molecule has 2 aliphatic rings. The molecule has 1 aliphatic carbocycles. The maximum absolute atomic E-state index is 12.0. The average molecular weight is 322 g/mol. The van der Waals surface area contributed by atoms with Crippen LogP contribution < -0.4 is 5.32 Å². The average Bonchev–Trinajstić information content (AvgIpc) is 3.34. The lowest BCUT2D eigenvalue weighted by Gasteiger charge is -2.34. The van der Waals surface area contributed by atoms with Crippen LogP contribution in [0.2, 0.25) is 5.02 Å². The number of nitrogens with one attached hydrogen (secondary N) is 1. The fourth-order valence-corrected chi connectivity index (χ4v) is 2.95. The van der Waals surface area contributed by atoms with Crippen molar-refractivity contribution in [1.29, 1.82) is 0 Å². The molecule has 1 heterocycles. The number of aryl methyl sites for hydroxylation is 1. The Balaban J connectivity index is 1.33. The van der Waals surface area contributed by atoms with Gasteiger partial charge in [-0.25, -0.2) is 4.79 Å². The molecule has 0 spiro atoms. The third-order valence-electron chi connectivity index (χ3n) is 4.42. The van der Waals surface area contributed by atoms with Crippen LogP contribution in [0.4, 0.5) is 4.79 Å².